The first-order chi connectivity index (χ1) is 6.85. The van der Waals surface area contributed by atoms with Crippen LogP contribution in [0.25, 0.3) is 11.5 Å². The summed E-state index contributed by atoms with van der Waals surface area (Å²) in [6, 6.07) is 3.54. The zero-order chi connectivity index (χ0) is 9.97. The van der Waals surface area contributed by atoms with Gasteiger partial charge >= 0.3 is 0 Å². The lowest BCUT2D eigenvalue weighted by Crippen LogP contribution is -1.98. The fourth-order valence-electron chi connectivity index (χ4n) is 1.28. The van der Waals surface area contributed by atoms with E-state index in [4.69, 9.17) is 9.52 Å². The van der Waals surface area contributed by atoms with Gasteiger partial charge in [-0.25, -0.2) is 4.68 Å². The van der Waals surface area contributed by atoms with Crippen LogP contribution in [-0.2, 0) is 13.2 Å². The molecule has 2 heterocycles. The molecule has 5 nitrogen and oxygen atoms in total. The Balaban J connectivity index is 2.38. The van der Waals surface area contributed by atoms with Crippen LogP contribution in [0.1, 0.15) is 12.7 Å². The maximum Gasteiger partial charge on any atom is 0.154 e. The van der Waals surface area contributed by atoms with Crippen molar-refractivity contribution in [3.63, 3.8) is 0 Å². The number of hydrogen-bond acceptors (Lipinski definition) is 4. The van der Waals surface area contributed by atoms with E-state index in [1.165, 1.54) is 0 Å². The first-order valence-corrected chi connectivity index (χ1v) is 4.43. The van der Waals surface area contributed by atoms with Gasteiger partial charge in [-0.05, 0) is 19.1 Å². The van der Waals surface area contributed by atoms with Crippen molar-refractivity contribution in [2.75, 3.05) is 0 Å². The molecule has 0 bridgehead atoms. The van der Waals surface area contributed by atoms with Gasteiger partial charge in [0, 0.05) is 6.54 Å². The highest BCUT2D eigenvalue weighted by molar-refractivity contribution is 5.50. The van der Waals surface area contributed by atoms with Gasteiger partial charge in [-0.3, -0.25) is 0 Å². The highest BCUT2D eigenvalue weighted by Crippen LogP contribution is 2.20. The average molecular weight is 193 g/mol. The van der Waals surface area contributed by atoms with Crippen LogP contribution in [0.2, 0.25) is 0 Å². The number of furan rings is 1. The smallest absolute Gasteiger partial charge is 0.154 e. The third kappa shape index (κ3) is 1.42. The van der Waals surface area contributed by atoms with Gasteiger partial charge in [0.2, 0.25) is 0 Å². The summed E-state index contributed by atoms with van der Waals surface area (Å²) in [5.41, 5.74) is 0.826. The molecule has 0 aliphatic rings. The van der Waals surface area contributed by atoms with Crippen LogP contribution < -0.4 is 0 Å². The zero-order valence-corrected chi connectivity index (χ0v) is 7.84. The van der Waals surface area contributed by atoms with Gasteiger partial charge in [0.1, 0.15) is 18.1 Å². The van der Waals surface area contributed by atoms with Crippen molar-refractivity contribution in [3.05, 3.63) is 24.1 Å². The largest absolute Gasteiger partial charge is 0.457 e. The van der Waals surface area contributed by atoms with E-state index in [0.29, 0.717) is 11.5 Å². The second kappa shape index (κ2) is 3.63. The molecule has 1 N–H and O–H groups in total. The average Bonchev–Trinajstić information content (AvgIpc) is 2.85. The fourth-order valence-corrected chi connectivity index (χ4v) is 1.28. The molecule has 0 atom stereocenters. The summed E-state index contributed by atoms with van der Waals surface area (Å²) >= 11 is 0. The molecule has 5 heteroatoms. The van der Waals surface area contributed by atoms with E-state index < -0.39 is 0 Å². The molecule has 0 saturated heterocycles. The molecule has 0 unspecified atom stereocenters. The summed E-state index contributed by atoms with van der Waals surface area (Å²) in [4.78, 5) is 0. The van der Waals surface area contributed by atoms with Crippen molar-refractivity contribution >= 4 is 0 Å². The Morgan fingerprint density at radius 3 is 3.00 bits per heavy atom. The van der Waals surface area contributed by atoms with Crippen LogP contribution in [-0.4, -0.2) is 20.1 Å². The predicted molar refractivity (Wildman–Crippen MR) is 49.3 cm³/mol. The molecular formula is C9H11N3O2. The monoisotopic (exact) mass is 193 g/mol. The highest BCUT2D eigenvalue weighted by atomic mass is 16.4. The van der Waals surface area contributed by atoms with Crippen molar-refractivity contribution in [3.8, 4) is 11.5 Å². The van der Waals surface area contributed by atoms with Gasteiger partial charge in [-0.1, -0.05) is 5.21 Å². The third-order valence-corrected chi connectivity index (χ3v) is 1.99. The molecule has 0 aliphatic heterocycles. The second-order valence-electron chi connectivity index (χ2n) is 2.86. The maximum atomic E-state index is 8.84. The van der Waals surface area contributed by atoms with Gasteiger partial charge in [-0.2, -0.15) is 0 Å². The minimum atomic E-state index is -0.0896. The number of hydrogen-bond donors (Lipinski definition) is 1. The van der Waals surface area contributed by atoms with Crippen molar-refractivity contribution in [2.24, 2.45) is 0 Å². The van der Waals surface area contributed by atoms with Crippen molar-refractivity contribution in [1.82, 2.24) is 15.0 Å². The summed E-state index contributed by atoms with van der Waals surface area (Å²) in [7, 11) is 0. The van der Waals surface area contributed by atoms with E-state index in [-0.39, 0.29) is 6.61 Å². The lowest BCUT2D eigenvalue weighted by molar-refractivity contribution is 0.248. The molecule has 0 amide bonds. The Bertz CT molecular complexity index is 419. The summed E-state index contributed by atoms with van der Waals surface area (Å²) < 4.78 is 7.10. The molecule has 2 rings (SSSR count). The van der Waals surface area contributed by atoms with Gasteiger partial charge in [0.15, 0.2) is 5.76 Å². The number of rotatable bonds is 3. The molecule has 74 valence electrons. The summed E-state index contributed by atoms with van der Waals surface area (Å²) in [5, 5.41) is 16.5. The molecule has 0 aliphatic carbocycles. The van der Waals surface area contributed by atoms with Crippen LogP contribution in [0.15, 0.2) is 22.7 Å². The van der Waals surface area contributed by atoms with Crippen molar-refractivity contribution < 1.29 is 9.52 Å². The van der Waals surface area contributed by atoms with Crippen LogP contribution in [0.5, 0.6) is 0 Å². The molecule has 0 fully saturated rings. The molecular weight excluding hydrogens is 182 g/mol. The van der Waals surface area contributed by atoms with Gasteiger partial charge < -0.3 is 9.52 Å². The summed E-state index contributed by atoms with van der Waals surface area (Å²) in [5.74, 6) is 1.23. The minimum absolute atomic E-state index is 0.0896. The van der Waals surface area contributed by atoms with Crippen LogP contribution >= 0.6 is 0 Å². The number of aliphatic hydroxyl groups is 1. The number of nitrogens with zero attached hydrogens (tertiary/aromatic N) is 3. The Kier molecular flexibility index (Phi) is 2.32. The molecule has 0 aromatic carbocycles. The van der Waals surface area contributed by atoms with E-state index in [0.717, 1.165) is 12.2 Å². The van der Waals surface area contributed by atoms with Gasteiger partial charge in [-0.15, -0.1) is 5.10 Å². The molecule has 0 radical (unpaired) electrons. The Morgan fingerprint density at radius 1 is 1.50 bits per heavy atom. The van der Waals surface area contributed by atoms with Gasteiger partial charge in [0.25, 0.3) is 0 Å². The Labute approximate surface area is 81.0 Å². The number of aromatic nitrogens is 3. The summed E-state index contributed by atoms with van der Waals surface area (Å²) in [6.45, 7) is 2.63. The van der Waals surface area contributed by atoms with Crippen molar-refractivity contribution in [1.29, 1.82) is 0 Å². The molecule has 0 spiro atoms. The lowest BCUT2D eigenvalue weighted by Gasteiger charge is -1.98. The Morgan fingerprint density at radius 2 is 2.36 bits per heavy atom. The number of aryl methyl sites for hydroxylation is 1. The van der Waals surface area contributed by atoms with Crippen LogP contribution in [0.3, 0.4) is 0 Å². The van der Waals surface area contributed by atoms with Crippen LogP contribution in [0.4, 0.5) is 0 Å². The molecule has 0 saturated carbocycles. The Hall–Kier alpha value is -1.62. The van der Waals surface area contributed by atoms with E-state index in [1.54, 1.807) is 23.0 Å². The fraction of sp³-hybridized carbons (Fsp3) is 0.333. The van der Waals surface area contributed by atoms with E-state index in [9.17, 15) is 0 Å². The second-order valence-corrected chi connectivity index (χ2v) is 2.86. The van der Waals surface area contributed by atoms with E-state index >= 15 is 0 Å². The van der Waals surface area contributed by atoms with Crippen molar-refractivity contribution in [2.45, 2.75) is 20.1 Å². The highest BCUT2D eigenvalue weighted by Gasteiger charge is 2.09. The normalized spacial score (nSPS) is 10.7. The minimum Gasteiger partial charge on any atom is -0.457 e. The quantitative estimate of drug-likeness (QED) is 0.791. The first-order valence-electron chi connectivity index (χ1n) is 4.43. The summed E-state index contributed by atoms with van der Waals surface area (Å²) in [6.07, 6.45) is 1.64. The van der Waals surface area contributed by atoms with E-state index in [2.05, 4.69) is 10.3 Å². The topological polar surface area (TPSA) is 64.1 Å². The molecule has 2 aromatic heterocycles. The standard InChI is InChI=1S/C9H11N3O2/c1-2-12-8(5-10-11-12)9-4-3-7(6-13)14-9/h3-5,13H,2,6H2,1H3. The molecule has 14 heavy (non-hydrogen) atoms. The number of aliphatic hydroxyl groups excluding tert-OH is 1. The molecule has 2 aromatic rings. The maximum absolute atomic E-state index is 8.84. The van der Waals surface area contributed by atoms with E-state index in [1.807, 2.05) is 6.92 Å². The van der Waals surface area contributed by atoms with Crippen LogP contribution in [0, 0.1) is 0 Å². The SMILES string of the molecule is CCn1nncc1-c1ccc(CO)o1. The predicted octanol–water partition coefficient (Wildman–Crippen LogP) is 1.05. The third-order valence-electron chi connectivity index (χ3n) is 1.99. The zero-order valence-electron chi connectivity index (χ0n) is 7.84. The lowest BCUT2D eigenvalue weighted by atomic mass is 10.3. The first kappa shape index (κ1) is 8.96. The van der Waals surface area contributed by atoms with Gasteiger partial charge in [0.05, 0.1) is 6.20 Å².